The molecule has 0 bridgehead atoms. The van der Waals surface area contributed by atoms with Crippen LogP contribution in [0, 0.1) is 5.82 Å². The molecule has 1 fully saturated rings. The predicted molar refractivity (Wildman–Crippen MR) is 129 cm³/mol. The monoisotopic (exact) mass is 444 g/mol. The fourth-order valence-electron chi connectivity index (χ4n) is 4.67. The fraction of sp³-hybridized carbons (Fsp3) is 0.296. The van der Waals surface area contributed by atoms with E-state index in [1.54, 1.807) is 6.33 Å². The van der Waals surface area contributed by atoms with Crippen LogP contribution in [0.4, 0.5) is 4.39 Å². The van der Waals surface area contributed by atoms with Gasteiger partial charge in [-0.05, 0) is 46.5 Å². The van der Waals surface area contributed by atoms with Gasteiger partial charge in [0.1, 0.15) is 5.82 Å². The Balaban J connectivity index is 1.20. The van der Waals surface area contributed by atoms with Gasteiger partial charge in [0.2, 0.25) is 0 Å². The van der Waals surface area contributed by atoms with Gasteiger partial charge in [0.15, 0.2) is 0 Å². The quantitative estimate of drug-likeness (QED) is 0.465. The highest BCUT2D eigenvalue weighted by Gasteiger charge is 2.18. The summed E-state index contributed by atoms with van der Waals surface area (Å²) in [5.41, 5.74) is 6.83. The molecule has 4 aromatic rings. The van der Waals surface area contributed by atoms with E-state index >= 15 is 0 Å². The maximum absolute atomic E-state index is 13.4. The number of imidazole rings is 1. The minimum atomic E-state index is -0.204. The average molecular weight is 445 g/mol. The summed E-state index contributed by atoms with van der Waals surface area (Å²) >= 11 is 0. The molecule has 1 saturated heterocycles. The summed E-state index contributed by atoms with van der Waals surface area (Å²) in [5.74, 6) is -0.204. The zero-order valence-corrected chi connectivity index (χ0v) is 18.7. The van der Waals surface area contributed by atoms with Crippen LogP contribution in [0.1, 0.15) is 11.1 Å². The summed E-state index contributed by atoms with van der Waals surface area (Å²) in [6.07, 6.45) is 1.80. The van der Waals surface area contributed by atoms with Gasteiger partial charge in [-0.25, -0.2) is 9.37 Å². The highest BCUT2D eigenvalue weighted by molar-refractivity contribution is 5.76. The highest BCUT2D eigenvalue weighted by atomic mass is 19.1. The molecule has 1 aliphatic heterocycles. The smallest absolute Gasteiger partial charge is 0.123 e. The van der Waals surface area contributed by atoms with Gasteiger partial charge in [-0.15, -0.1) is 0 Å². The van der Waals surface area contributed by atoms with Gasteiger partial charge in [-0.1, -0.05) is 42.5 Å². The first-order valence-electron chi connectivity index (χ1n) is 11.5. The topological polar surface area (TPSA) is 44.5 Å². The summed E-state index contributed by atoms with van der Waals surface area (Å²) < 4.78 is 15.3. The zero-order valence-electron chi connectivity index (χ0n) is 18.7. The van der Waals surface area contributed by atoms with Gasteiger partial charge in [0.25, 0.3) is 0 Å². The minimum absolute atomic E-state index is 0.117. The van der Waals surface area contributed by atoms with Crippen LogP contribution in [-0.4, -0.2) is 57.2 Å². The van der Waals surface area contributed by atoms with Gasteiger partial charge in [-0.3, -0.25) is 9.80 Å². The number of halogens is 1. The van der Waals surface area contributed by atoms with E-state index in [0.717, 1.165) is 55.9 Å². The molecule has 1 N–H and O–H groups in total. The van der Waals surface area contributed by atoms with Crippen LogP contribution in [-0.2, 0) is 19.6 Å². The van der Waals surface area contributed by atoms with Crippen molar-refractivity contribution in [1.82, 2.24) is 19.4 Å². The first kappa shape index (κ1) is 21.8. The second kappa shape index (κ2) is 9.83. The molecule has 0 unspecified atom stereocenters. The van der Waals surface area contributed by atoms with Crippen molar-refractivity contribution < 1.29 is 9.50 Å². The van der Waals surface area contributed by atoms with E-state index in [-0.39, 0.29) is 12.4 Å². The van der Waals surface area contributed by atoms with Gasteiger partial charge < -0.3 is 9.67 Å². The molecule has 0 saturated carbocycles. The second-order valence-corrected chi connectivity index (χ2v) is 8.70. The third-order valence-corrected chi connectivity index (χ3v) is 6.46. The van der Waals surface area contributed by atoms with Crippen LogP contribution in [0.15, 0.2) is 73.1 Å². The fourth-order valence-corrected chi connectivity index (χ4v) is 4.67. The van der Waals surface area contributed by atoms with Crippen LogP contribution in [0.25, 0.3) is 22.2 Å². The van der Waals surface area contributed by atoms with E-state index in [2.05, 4.69) is 51.2 Å². The van der Waals surface area contributed by atoms with Gasteiger partial charge >= 0.3 is 0 Å². The van der Waals surface area contributed by atoms with Crippen molar-refractivity contribution in [1.29, 1.82) is 0 Å². The molecular weight excluding hydrogens is 415 g/mol. The van der Waals surface area contributed by atoms with E-state index in [9.17, 15) is 9.50 Å². The van der Waals surface area contributed by atoms with Gasteiger partial charge in [-0.2, -0.15) is 0 Å². The molecular formula is C27H29FN4O. The summed E-state index contributed by atoms with van der Waals surface area (Å²) in [4.78, 5) is 9.49. The summed E-state index contributed by atoms with van der Waals surface area (Å²) in [7, 11) is 0. The second-order valence-electron chi connectivity index (χ2n) is 8.70. The number of aliphatic hydroxyl groups is 1. The average Bonchev–Trinajstić information content (AvgIpc) is 3.24. The Morgan fingerprint density at radius 1 is 0.848 bits per heavy atom. The molecule has 0 aliphatic carbocycles. The van der Waals surface area contributed by atoms with Crippen molar-refractivity contribution in [3.05, 3.63) is 90.0 Å². The number of piperazine rings is 1. The Labute approximate surface area is 193 Å². The Morgan fingerprint density at radius 3 is 2.33 bits per heavy atom. The molecule has 6 heteroatoms. The number of benzene rings is 3. The molecule has 5 nitrogen and oxygen atoms in total. The maximum Gasteiger partial charge on any atom is 0.123 e. The largest absolute Gasteiger partial charge is 0.395 e. The van der Waals surface area contributed by atoms with E-state index in [1.165, 1.54) is 28.8 Å². The maximum atomic E-state index is 13.4. The van der Waals surface area contributed by atoms with Crippen molar-refractivity contribution in [2.24, 2.45) is 0 Å². The number of aromatic nitrogens is 2. The summed E-state index contributed by atoms with van der Waals surface area (Å²) in [5, 5.41) is 9.19. The number of hydrogen-bond acceptors (Lipinski definition) is 4. The predicted octanol–water partition coefficient (Wildman–Crippen LogP) is 4.15. The van der Waals surface area contributed by atoms with Crippen molar-refractivity contribution >= 4 is 11.0 Å². The number of hydrogen-bond donors (Lipinski definition) is 1. The van der Waals surface area contributed by atoms with Gasteiger partial charge in [0.05, 0.1) is 24.0 Å². The lowest BCUT2D eigenvalue weighted by Crippen LogP contribution is -2.45. The van der Waals surface area contributed by atoms with E-state index in [0.29, 0.717) is 6.54 Å². The zero-order chi connectivity index (χ0) is 22.6. The first-order valence-corrected chi connectivity index (χ1v) is 11.5. The molecule has 3 aromatic carbocycles. The lowest BCUT2D eigenvalue weighted by Gasteiger charge is -2.35. The number of aliphatic hydroxyl groups excluding tert-OH is 1. The molecule has 0 spiro atoms. The summed E-state index contributed by atoms with van der Waals surface area (Å²) in [6, 6.07) is 21.6. The molecule has 33 heavy (non-hydrogen) atoms. The van der Waals surface area contributed by atoms with Crippen LogP contribution < -0.4 is 0 Å². The third-order valence-electron chi connectivity index (χ3n) is 6.46. The van der Waals surface area contributed by atoms with Crippen LogP contribution in [0.2, 0.25) is 0 Å². The molecule has 2 heterocycles. The Hall–Kier alpha value is -3.06. The molecule has 1 aliphatic rings. The standard InChI is InChI=1S/C27H29FN4O/c28-24-8-6-22(7-9-24)25-4-2-1-3-23(25)19-31-13-11-30(12-14-31)18-21-5-10-27-26(17-21)29-20-32(27)15-16-33/h1-10,17,20,33H,11-16,18-19H2. The van der Waals surface area contributed by atoms with Crippen LogP contribution in [0.5, 0.6) is 0 Å². The third kappa shape index (κ3) is 4.98. The molecule has 0 radical (unpaired) electrons. The number of nitrogens with zero attached hydrogens (tertiary/aromatic N) is 4. The normalized spacial score (nSPS) is 15.3. The van der Waals surface area contributed by atoms with Crippen LogP contribution >= 0.6 is 0 Å². The molecule has 1 aromatic heterocycles. The van der Waals surface area contributed by atoms with Crippen molar-refractivity contribution in [2.45, 2.75) is 19.6 Å². The molecule has 0 atom stereocenters. The highest BCUT2D eigenvalue weighted by Crippen LogP contribution is 2.25. The number of rotatable bonds is 7. The lowest BCUT2D eigenvalue weighted by molar-refractivity contribution is 0.122. The van der Waals surface area contributed by atoms with Crippen LogP contribution in [0.3, 0.4) is 0 Å². The Kier molecular flexibility index (Phi) is 6.48. The van der Waals surface area contributed by atoms with E-state index in [1.807, 2.05) is 22.8 Å². The van der Waals surface area contributed by atoms with Gasteiger partial charge in [0, 0.05) is 45.8 Å². The SMILES string of the molecule is OCCn1cnc2cc(CN3CCN(Cc4ccccc4-c4ccc(F)cc4)CC3)ccc21. The molecule has 5 rings (SSSR count). The van der Waals surface area contributed by atoms with Crippen molar-refractivity contribution in [3.8, 4) is 11.1 Å². The minimum Gasteiger partial charge on any atom is -0.395 e. The lowest BCUT2D eigenvalue weighted by atomic mass is 9.99. The van der Waals surface area contributed by atoms with E-state index < -0.39 is 0 Å². The van der Waals surface area contributed by atoms with Crippen molar-refractivity contribution in [2.75, 3.05) is 32.8 Å². The van der Waals surface area contributed by atoms with Crippen molar-refractivity contribution in [3.63, 3.8) is 0 Å². The van der Waals surface area contributed by atoms with E-state index in [4.69, 9.17) is 0 Å². The summed E-state index contributed by atoms with van der Waals surface area (Å²) in [6.45, 7) is 6.59. The molecule has 170 valence electrons. The number of fused-ring (bicyclic) bond motifs is 1. The first-order chi connectivity index (χ1) is 16.2. The Bertz CT molecular complexity index is 1210. The Morgan fingerprint density at radius 2 is 1.58 bits per heavy atom. The molecule has 0 amide bonds.